The Balaban J connectivity index is 1.42. The summed E-state index contributed by atoms with van der Waals surface area (Å²) in [5.74, 6) is 0.733. The molecule has 2 aromatic carbocycles. The number of hydrogen-bond acceptors (Lipinski definition) is 6. The lowest BCUT2D eigenvalue weighted by atomic mass is 10.2. The predicted octanol–water partition coefficient (Wildman–Crippen LogP) is 6.64. The Morgan fingerprint density at radius 1 is 1.04 bits per heavy atom. The van der Waals surface area contributed by atoms with Crippen molar-refractivity contribution in [2.24, 2.45) is 4.99 Å². The molecule has 0 spiro atoms. The maximum absolute atomic E-state index is 5.87. The highest BCUT2D eigenvalue weighted by Gasteiger charge is 2.08. The van der Waals surface area contributed by atoms with Gasteiger partial charge in [0, 0.05) is 18.8 Å². The number of thiazole rings is 1. The number of benzene rings is 2. The fourth-order valence-corrected chi connectivity index (χ4v) is 4.89. The zero-order valence-electron chi connectivity index (χ0n) is 15.8. The molecule has 6 heteroatoms. The molecule has 142 valence electrons. The number of aliphatic imine (C=N–C) groups is 1. The van der Waals surface area contributed by atoms with Gasteiger partial charge in [-0.15, -0.1) is 11.3 Å². The van der Waals surface area contributed by atoms with Crippen LogP contribution in [0.5, 0.6) is 0 Å². The molecule has 4 nitrogen and oxygen atoms in total. The van der Waals surface area contributed by atoms with E-state index in [9.17, 15) is 0 Å². The Morgan fingerprint density at radius 3 is 2.57 bits per heavy atom. The minimum atomic E-state index is 0.733. The summed E-state index contributed by atoms with van der Waals surface area (Å²) in [6.45, 7) is 6.33. The molecule has 0 atom stereocenters. The first-order valence-electron chi connectivity index (χ1n) is 9.27. The molecule has 0 saturated heterocycles. The largest absolute Gasteiger partial charge is 0.448 e. The average Bonchev–Trinajstić information content (AvgIpc) is 3.34. The average molecular weight is 408 g/mol. The van der Waals surface area contributed by atoms with Crippen LogP contribution in [0.25, 0.3) is 10.2 Å². The van der Waals surface area contributed by atoms with Crippen molar-refractivity contribution in [2.75, 3.05) is 18.0 Å². The van der Waals surface area contributed by atoms with E-state index < -0.39 is 0 Å². The van der Waals surface area contributed by atoms with Gasteiger partial charge in [-0.1, -0.05) is 12.1 Å². The quantitative estimate of drug-likeness (QED) is 0.322. The molecule has 0 bridgehead atoms. The van der Waals surface area contributed by atoms with E-state index in [2.05, 4.69) is 46.9 Å². The van der Waals surface area contributed by atoms with Crippen molar-refractivity contribution in [3.8, 4) is 0 Å². The van der Waals surface area contributed by atoms with E-state index in [0.29, 0.717) is 0 Å². The molecule has 0 radical (unpaired) electrons. The number of anilines is 1. The third kappa shape index (κ3) is 4.29. The van der Waals surface area contributed by atoms with Gasteiger partial charge in [-0.2, -0.15) is 0 Å². The lowest BCUT2D eigenvalue weighted by Crippen LogP contribution is -2.21. The van der Waals surface area contributed by atoms with E-state index in [1.54, 1.807) is 17.6 Å². The number of para-hydroxylation sites is 1. The van der Waals surface area contributed by atoms with Crippen LogP contribution in [0.2, 0.25) is 0 Å². The molecule has 0 fully saturated rings. The highest BCUT2D eigenvalue weighted by Crippen LogP contribution is 2.35. The van der Waals surface area contributed by atoms with Crippen molar-refractivity contribution in [3.05, 3.63) is 66.4 Å². The van der Waals surface area contributed by atoms with Crippen LogP contribution in [0.4, 0.5) is 11.4 Å². The number of aromatic nitrogens is 1. The van der Waals surface area contributed by atoms with E-state index in [4.69, 9.17) is 4.42 Å². The fraction of sp³-hybridized carbons (Fsp3) is 0.182. The summed E-state index contributed by atoms with van der Waals surface area (Å²) in [6, 6.07) is 20.3. The monoisotopic (exact) mass is 407 g/mol. The van der Waals surface area contributed by atoms with Gasteiger partial charge in [0.15, 0.2) is 9.43 Å². The first kappa shape index (κ1) is 18.8. The molecular weight excluding hydrogens is 386 g/mol. The van der Waals surface area contributed by atoms with Crippen molar-refractivity contribution < 1.29 is 4.42 Å². The summed E-state index contributed by atoms with van der Waals surface area (Å²) in [5.41, 5.74) is 3.15. The van der Waals surface area contributed by atoms with Crippen molar-refractivity contribution in [1.82, 2.24) is 4.98 Å². The molecule has 0 unspecified atom stereocenters. The normalized spacial score (nSPS) is 11.5. The lowest BCUT2D eigenvalue weighted by Gasteiger charge is -2.20. The van der Waals surface area contributed by atoms with Crippen molar-refractivity contribution >= 4 is 50.9 Å². The van der Waals surface area contributed by atoms with Crippen LogP contribution in [0.1, 0.15) is 19.6 Å². The minimum absolute atomic E-state index is 0.733. The number of rotatable bonds is 7. The van der Waals surface area contributed by atoms with E-state index >= 15 is 0 Å². The Kier molecular flexibility index (Phi) is 5.78. The van der Waals surface area contributed by atoms with E-state index in [1.807, 2.05) is 42.5 Å². The molecule has 2 heterocycles. The van der Waals surface area contributed by atoms with Gasteiger partial charge in [-0.25, -0.2) is 4.98 Å². The third-order valence-electron chi connectivity index (χ3n) is 4.38. The lowest BCUT2D eigenvalue weighted by molar-refractivity contribution is 0.469. The summed E-state index contributed by atoms with van der Waals surface area (Å²) in [4.78, 5) is 11.5. The topological polar surface area (TPSA) is 41.6 Å². The molecule has 0 aliphatic heterocycles. The Labute approximate surface area is 172 Å². The van der Waals surface area contributed by atoms with Gasteiger partial charge < -0.3 is 9.32 Å². The van der Waals surface area contributed by atoms with Gasteiger partial charge in [0.2, 0.25) is 0 Å². The van der Waals surface area contributed by atoms with Gasteiger partial charge in [0.25, 0.3) is 0 Å². The number of nitrogens with zero attached hydrogens (tertiary/aromatic N) is 3. The second-order valence-corrected chi connectivity index (χ2v) is 8.44. The number of fused-ring (bicyclic) bond motifs is 1. The van der Waals surface area contributed by atoms with Crippen LogP contribution in [0.15, 0.2) is 79.5 Å². The van der Waals surface area contributed by atoms with Crippen LogP contribution in [-0.2, 0) is 0 Å². The summed E-state index contributed by atoms with van der Waals surface area (Å²) < 4.78 is 8.04. The van der Waals surface area contributed by atoms with Gasteiger partial charge in [-0.05, 0) is 74.1 Å². The van der Waals surface area contributed by atoms with Crippen LogP contribution in [-0.4, -0.2) is 24.3 Å². The molecule has 0 amide bonds. The summed E-state index contributed by atoms with van der Waals surface area (Å²) in [7, 11) is 0. The molecule has 0 N–H and O–H groups in total. The standard InChI is InChI=1S/C22H21N3OS2/c1-3-25(4-2)17-11-9-16(10-12-17)23-15-18-13-14-21(26-18)28-22-24-19-7-5-6-8-20(19)27-22/h5-15H,3-4H2,1-2H3. The van der Waals surface area contributed by atoms with Crippen molar-refractivity contribution in [3.63, 3.8) is 0 Å². The third-order valence-corrected chi connectivity index (χ3v) is 6.40. The maximum atomic E-state index is 5.87. The number of furan rings is 1. The smallest absolute Gasteiger partial charge is 0.168 e. The minimum Gasteiger partial charge on any atom is -0.448 e. The van der Waals surface area contributed by atoms with Crippen LogP contribution >= 0.6 is 23.1 Å². The zero-order chi connectivity index (χ0) is 19.3. The van der Waals surface area contributed by atoms with Crippen molar-refractivity contribution in [1.29, 1.82) is 0 Å². The Bertz CT molecular complexity index is 1050. The van der Waals surface area contributed by atoms with Crippen LogP contribution in [0, 0.1) is 0 Å². The predicted molar refractivity (Wildman–Crippen MR) is 120 cm³/mol. The summed E-state index contributed by atoms with van der Waals surface area (Å²) in [5, 5.41) is 0.817. The van der Waals surface area contributed by atoms with Gasteiger partial charge in [-0.3, -0.25) is 4.99 Å². The second-order valence-electron chi connectivity index (χ2n) is 6.15. The molecular formula is C22H21N3OS2. The molecule has 0 aliphatic rings. The van der Waals surface area contributed by atoms with Gasteiger partial charge >= 0.3 is 0 Å². The first-order chi connectivity index (χ1) is 13.7. The Hall–Kier alpha value is -2.57. The van der Waals surface area contributed by atoms with Gasteiger partial charge in [0.1, 0.15) is 5.76 Å². The maximum Gasteiger partial charge on any atom is 0.168 e. The fourth-order valence-electron chi connectivity index (χ4n) is 2.92. The Morgan fingerprint density at radius 2 is 1.82 bits per heavy atom. The molecule has 2 aromatic heterocycles. The first-order valence-corrected chi connectivity index (χ1v) is 10.9. The van der Waals surface area contributed by atoms with E-state index in [0.717, 1.165) is 39.5 Å². The molecule has 28 heavy (non-hydrogen) atoms. The van der Waals surface area contributed by atoms with Crippen LogP contribution in [0.3, 0.4) is 0 Å². The summed E-state index contributed by atoms with van der Waals surface area (Å²) in [6.07, 6.45) is 1.76. The number of hydrogen-bond donors (Lipinski definition) is 0. The second kappa shape index (κ2) is 8.63. The van der Waals surface area contributed by atoms with Gasteiger partial charge in [0.05, 0.1) is 22.1 Å². The SMILES string of the molecule is CCN(CC)c1ccc(N=Cc2ccc(Sc3nc4ccccc4s3)o2)cc1. The molecule has 4 aromatic rings. The van der Waals surface area contributed by atoms with Crippen molar-refractivity contribution in [2.45, 2.75) is 23.3 Å². The molecule has 0 saturated carbocycles. The zero-order valence-corrected chi connectivity index (χ0v) is 17.5. The van der Waals surface area contributed by atoms with E-state index in [1.165, 1.54) is 22.1 Å². The van der Waals surface area contributed by atoms with E-state index in [-0.39, 0.29) is 0 Å². The molecule has 4 rings (SSSR count). The highest BCUT2D eigenvalue weighted by molar-refractivity contribution is 8.01. The summed E-state index contributed by atoms with van der Waals surface area (Å²) >= 11 is 3.21. The molecule has 0 aliphatic carbocycles. The highest BCUT2D eigenvalue weighted by atomic mass is 32.2. The van der Waals surface area contributed by atoms with Crippen LogP contribution < -0.4 is 4.90 Å².